The minimum atomic E-state index is -4.00. The Morgan fingerprint density at radius 2 is 1.76 bits per heavy atom. The average Bonchev–Trinajstić information content (AvgIpc) is 2.47. The quantitative estimate of drug-likeness (QED) is 0.804. The van der Waals surface area contributed by atoms with E-state index in [0.29, 0.717) is 0 Å². The average molecular weight is 332 g/mol. The lowest BCUT2D eigenvalue weighted by Gasteiger charge is -2.20. The van der Waals surface area contributed by atoms with Gasteiger partial charge >= 0.3 is 0 Å². The predicted octanol–water partition coefficient (Wildman–Crippen LogP) is 3.53. The number of rotatable bonds is 4. The summed E-state index contributed by atoms with van der Waals surface area (Å²) in [7, 11) is -2.76. The van der Waals surface area contributed by atoms with E-state index in [0.717, 1.165) is 28.6 Å². The summed E-state index contributed by atoms with van der Waals surface area (Å²) >= 11 is 5.57. The molecule has 0 fully saturated rings. The van der Waals surface area contributed by atoms with E-state index >= 15 is 0 Å². The van der Waals surface area contributed by atoms with Crippen LogP contribution in [0.4, 0.5) is 14.5 Å². The maximum Gasteiger partial charge on any atom is 0.264 e. The van der Waals surface area contributed by atoms with E-state index in [9.17, 15) is 17.2 Å². The minimum Gasteiger partial charge on any atom is -0.266 e. The molecule has 0 saturated carbocycles. The van der Waals surface area contributed by atoms with E-state index in [1.807, 2.05) is 0 Å². The Hall–Kier alpha value is -1.66. The Kier molecular flexibility index (Phi) is 4.49. The van der Waals surface area contributed by atoms with Crippen molar-refractivity contribution in [2.24, 2.45) is 0 Å². The molecule has 0 atom stereocenters. The monoisotopic (exact) mass is 331 g/mol. The van der Waals surface area contributed by atoms with Crippen LogP contribution in [-0.2, 0) is 15.9 Å². The Labute approximate surface area is 126 Å². The van der Waals surface area contributed by atoms with Crippen LogP contribution in [0, 0.1) is 11.6 Å². The van der Waals surface area contributed by atoms with E-state index in [4.69, 9.17) is 11.6 Å². The topological polar surface area (TPSA) is 37.4 Å². The molecule has 2 rings (SSSR count). The lowest BCUT2D eigenvalue weighted by atomic mass is 10.2. The molecule has 0 heterocycles. The van der Waals surface area contributed by atoms with Crippen molar-refractivity contribution in [1.82, 2.24) is 0 Å². The molecular weight excluding hydrogens is 320 g/mol. The van der Waals surface area contributed by atoms with Crippen molar-refractivity contribution in [1.29, 1.82) is 0 Å². The molecule has 112 valence electrons. The molecule has 0 aliphatic rings. The zero-order valence-corrected chi connectivity index (χ0v) is 12.6. The van der Waals surface area contributed by atoms with Crippen molar-refractivity contribution in [2.45, 2.75) is 10.8 Å². The van der Waals surface area contributed by atoms with Crippen molar-refractivity contribution >= 4 is 27.3 Å². The molecule has 0 radical (unpaired) electrons. The van der Waals surface area contributed by atoms with Crippen LogP contribution < -0.4 is 4.31 Å². The number of hydrogen-bond donors (Lipinski definition) is 0. The lowest BCUT2D eigenvalue weighted by molar-refractivity contribution is 0.587. The van der Waals surface area contributed by atoms with E-state index < -0.39 is 21.7 Å². The number of nitrogens with zero attached hydrogens (tertiary/aromatic N) is 1. The molecule has 2 aromatic rings. The van der Waals surface area contributed by atoms with Gasteiger partial charge in [0.05, 0.1) is 16.5 Å². The first kappa shape index (κ1) is 15.7. The van der Waals surface area contributed by atoms with Crippen LogP contribution in [0.3, 0.4) is 0 Å². The number of sulfonamides is 1. The van der Waals surface area contributed by atoms with E-state index in [-0.39, 0.29) is 22.0 Å². The minimum absolute atomic E-state index is 0.0691. The van der Waals surface area contributed by atoms with Crippen molar-refractivity contribution in [3.05, 3.63) is 59.7 Å². The number of anilines is 1. The lowest BCUT2D eigenvalue weighted by Crippen LogP contribution is -2.27. The molecule has 0 spiro atoms. The van der Waals surface area contributed by atoms with Crippen LogP contribution in [0.2, 0.25) is 0 Å². The van der Waals surface area contributed by atoms with Crippen molar-refractivity contribution in [3.8, 4) is 0 Å². The zero-order valence-electron chi connectivity index (χ0n) is 11.1. The standard InChI is InChI=1S/C14H12ClF2NO2S/c1-18(14-5-3-2-4-13(14)17)21(19,20)11-6-7-12(16)10(8-11)9-15/h2-8H,9H2,1H3. The fourth-order valence-electron chi connectivity index (χ4n) is 1.81. The SMILES string of the molecule is CN(c1ccccc1F)S(=O)(=O)c1ccc(F)c(CCl)c1. The third kappa shape index (κ3) is 3.01. The van der Waals surface area contributed by atoms with Gasteiger partial charge in [-0.25, -0.2) is 17.2 Å². The third-order valence-electron chi connectivity index (χ3n) is 3.01. The molecule has 21 heavy (non-hydrogen) atoms. The number of hydrogen-bond acceptors (Lipinski definition) is 2. The summed E-state index contributed by atoms with van der Waals surface area (Å²) in [6.45, 7) is 0. The van der Waals surface area contributed by atoms with Crippen molar-refractivity contribution in [2.75, 3.05) is 11.4 Å². The Balaban J connectivity index is 2.49. The van der Waals surface area contributed by atoms with Gasteiger partial charge in [0.1, 0.15) is 11.6 Å². The molecule has 0 unspecified atom stereocenters. The largest absolute Gasteiger partial charge is 0.266 e. The van der Waals surface area contributed by atoms with E-state index in [1.54, 1.807) is 0 Å². The molecule has 0 N–H and O–H groups in total. The first-order valence-corrected chi connectivity index (χ1v) is 7.93. The van der Waals surface area contributed by atoms with Crippen LogP contribution in [0.15, 0.2) is 47.4 Å². The second-order valence-electron chi connectivity index (χ2n) is 4.31. The smallest absolute Gasteiger partial charge is 0.264 e. The van der Waals surface area contributed by atoms with Crippen LogP contribution >= 0.6 is 11.6 Å². The fraction of sp³-hybridized carbons (Fsp3) is 0.143. The van der Waals surface area contributed by atoms with Crippen molar-refractivity contribution < 1.29 is 17.2 Å². The molecule has 0 amide bonds. The van der Waals surface area contributed by atoms with Gasteiger partial charge in [-0.2, -0.15) is 0 Å². The Morgan fingerprint density at radius 3 is 2.38 bits per heavy atom. The van der Waals surface area contributed by atoms with Gasteiger partial charge in [-0.3, -0.25) is 4.31 Å². The molecular formula is C14H12ClF2NO2S. The molecule has 0 aliphatic carbocycles. The number of alkyl halides is 1. The van der Waals surface area contributed by atoms with Crippen LogP contribution in [0.1, 0.15) is 5.56 Å². The molecule has 0 aromatic heterocycles. The molecule has 0 bridgehead atoms. The van der Waals surface area contributed by atoms with Gasteiger partial charge in [0, 0.05) is 12.6 Å². The highest BCUT2D eigenvalue weighted by Crippen LogP contribution is 2.25. The predicted molar refractivity (Wildman–Crippen MR) is 77.9 cm³/mol. The van der Waals surface area contributed by atoms with Crippen LogP contribution in [-0.4, -0.2) is 15.5 Å². The molecule has 0 saturated heterocycles. The van der Waals surface area contributed by atoms with Gasteiger partial charge in [-0.05, 0) is 30.3 Å². The van der Waals surface area contributed by atoms with Gasteiger partial charge in [0.2, 0.25) is 0 Å². The summed E-state index contributed by atoms with van der Waals surface area (Å²) in [6.07, 6.45) is 0. The van der Waals surface area contributed by atoms with Crippen LogP contribution in [0.25, 0.3) is 0 Å². The number of para-hydroxylation sites is 1. The Morgan fingerprint density at radius 1 is 1.10 bits per heavy atom. The molecule has 2 aromatic carbocycles. The number of benzene rings is 2. The maximum atomic E-state index is 13.7. The highest BCUT2D eigenvalue weighted by molar-refractivity contribution is 7.92. The number of halogens is 3. The third-order valence-corrected chi connectivity index (χ3v) is 5.07. The highest BCUT2D eigenvalue weighted by Gasteiger charge is 2.24. The summed E-state index contributed by atoms with van der Waals surface area (Å²) in [6, 6.07) is 8.80. The summed E-state index contributed by atoms with van der Waals surface area (Å²) in [5.41, 5.74) is -0.0195. The highest BCUT2D eigenvalue weighted by atomic mass is 35.5. The van der Waals surface area contributed by atoms with Gasteiger partial charge in [0.15, 0.2) is 0 Å². The van der Waals surface area contributed by atoms with Crippen molar-refractivity contribution in [3.63, 3.8) is 0 Å². The first-order valence-electron chi connectivity index (χ1n) is 5.96. The van der Waals surface area contributed by atoms with Gasteiger partial charge in [0.25, 0.3) is 10.0 Å². The van der Waals surface area contributed by atoms with E-state index in [1.165, 1.54) is 25.2 Å². The molecule has 7 heteroatoms. The molecule has 0 aliphatic heterocycles. The van der Waals surface area contributed by atoms with Gasteiger partial charge < -0.3 is 0 Å². The van der Waals surface area contributed by atoms with E-state index in [2.05, 4.69) is 0 Å². The molecule has 3 nitrogen and oxygen atoms in total. The summed E-state index contributed by atoms with van der Waals surface area (Å²) in [4.78, 5) is -0.148. The second-order valence-corrected chi connectivity index (χ2v) is 6.55. The summed E-state index contributed by atoms with van der Waals surface area (Å²) < 4.78 is 52.8. The fourth-order valence-corrected chi connectivity index (χ4v) is 3.27. The summed E-state index contributed by atoms with van der Waals surface area (Å²) in [5.74, 6) is -1.40. The second kappa shape index (κ2) is 5.99. The normalized spacial score (nSPS) is 11.4. The Bertz CT molecular complexity index is 765. The summed E-state index contributed by atoms with van der Waals surface area (Å²) in [5, 5.41) is 0. The van der Waals surface area contributed by atoms with Gasteiger partial charge in [-0.15, -0.1) is 11.6 Å². The maximum absolute atomic E-state index is 13.7. The van der Waals surface area contributed by atoms with Crippen LogP contribution in [0.5, 0.6) is 0 Å². The van der Waals surface area contributed by atoms with Gasteiger partial charge in [-0.1, -0.05) is 12.1 Å². The zero-order chi connectivity index (χ0) is 15.6. The first-order chi connectivity index (χ1) is 9.87.